The van der Waals surface area contributed by atoms with Crippen molar-refractivity contribution < 1.29 is 14.6 Å². The summed E-state index contributed by atoms with van der Waals surface area (Å²) in [5.74, 6) is -0.629. The lowest BCUT2D eigenvalue weighted by Gasteiger charge is -1.94. The highest BCUT2D eigenvalue weighted by atomic mass is 32.1. The highest BCUT2D eigenvalue weighted by molar-refractivity contribution is 7.17. The van der Waals surface area contributed by atoms with Gasteiger partial charge in [-0.3, -0.25) is 0 Å². The van der Waals surface area contributed by atoms with Crippen molar-refractivity contribution in [3.8, 4) is 15.6 Å². The van der Waals surface area contributed by atoms with E-state index in [4.69, 9.17) is 0 Å². The Morgan fingerprint density at radius 2 is 2.06 bits per heavy atom. The monoisotopic (exact) mass is 235 g/mol. The quantitative estimate of drug-likeness (QED) is 0.811. The van der Waals surface area contributed by atoms with Crippen molar-refractivity contribution in [2.24, 2.45) is 0 Å². The van der Waals surface area contributed by atoms with Crippen LogP contribution in [0.4, 0.5) is 0 Å². The lowest BCUT2D eigenvalue weighted by Crippen LogP contribution is -2.01. The third-order valence-electron chi connectivity index (χ3n) is 2.01. The number of carbonyl (C=O) groups excluding carboxylic acids is 1. The van der Waals surface area contributed by atoms with Gasteiger partial charge in [0.15, 0.2) is 0 Å². The third kappa shape index (κ3) is 1.90. The molecule has 2 rings (SSSR count). The Hall–Kier alpha value is -1.88. The number of methoxy groups -OCH3 is 1. The Balaban J connectivity index is 2.42. The topological polar surface area (TPSA) is 59.4 Å². The smallest absolute Gasteiger partial charge is 0.361 e. The van der Waals surface area contributed by atoms with Gasteiger partial charge in [-0.15, -0.1) is 0 Å². The van der Waals surface area contributed by atoms with Gasteiger partial charge in [0.1, 0.15) is 5.01 Å². The van der Waals surface area contributed by atoms with Crippen molar-refractivity contribution in [1.82, 2.24) is 4.98 Å². The van der Waals surface area contributed by atoms with Gasteiger partial charge in [0, 0.05) is 5.56 Å². The van der Waals surface area contributed by atoms with E-state index in [2.05, 4.69) is 9.72 Å². The largest absolute Gasteiger partial charge is 0.498 e. The number of rotatable bonds is 2. The summed E-state index contributed by atoms with van der Waals surface area (Å²) in [4.78, 5) is 15.3. The van der Waals surface area contributed by atoms with Gasteiger partial charge >= 0.3 is 5.97 Å². The van der Waals surface area contributed by atoms with Crippen molar-refractivity contribution in [3.63, 3.8) is 0 Å². The first-order chi connectivity index (χ1) is 7.72. The minimum atomic E-state index is -0.629. The maximum atomic E-state index is 11.2. The molecule has 1 N–H and O–H groups in total. The molecule has 1 heterocycles. The third-order valence-corrected chi connectivity index (χ3v) is 2.92. The van der Waals surface area contributed by atoms with E-state index in [-0.39, 0.29) is 10.8 Å². The zero-order valence-corrected chi connectivity index (χ0v) is 9.32. The van der Waals surface area contributed by atoms with E-state index < -0.39 is 5.97 Å². The maximum absolute atomic E-state index is 11.2. The Kier molecular flexibility index (Phi) is 2.87. The van der Waals surface area contributed by atoms with Crippen molar-refractivity contribution in [2.75, 3.05) is 7.11 Å². The standard InChI is InChI=1S/C11H9NO3S/c1-15-10(13)8-11(14)16-9(12-8)7-5-3-2-4-6-7/h2-6,14H,1H3. The number of esters is 1. The summed E-state index contributed by atoms with van der Waals surface area (Å²) in [7, 11) is 1.25. The van der Waals surface area contributed by atoms with Crippen molar-refractivity contribution in [2.45, 2.75) is 0 Å². The molecule has 1 aromatic heterocycles. The van der Waals surface area contributed by atoms with E-state index >= 15 is 0 Å². The molecule has 0 radical (unpaired) electrons. The van der Waals surface area contributed by atoms with Crippen molar-refractivity contribution in [1.29, 1.82) is 0 Å². The van der Waals surface area contributed by atoms with Crippen molar-refractivity contribution in [3.05, 3.63) is 36.0 Å². The number of aromatic hydroxyl groups is 1. The van der Waals surface area contributed by atoms with Crippen LogP contribution < -0.4 is 0 Å². The predicted octanol–water partition coefficient (Wildman–Crippen LogP) is 2.30. The SMILES string of the molecule is COC(=O)c1nc(-c2ccccc2)sc1O. The normalized spacial score (nSPS) is 10.1. The van der Waals surface area contributed by atoms with Crippen LogP contribution in [0.1, 0.15) is 10.5 Å². The lowest BCUT2D eigenvalue weighted by molar-refractivity contribution is 0.0592. The fourth-order valence-corrected chi connectivity index (χ4v) is 2.05. The average Bonchev–Trinajstić information content (AvgIpc) is 2.71. The first-order valence-electron chi connectivity index (χ1n) is 4.56. The Bertz CT molecular complexity index is 507. The molecule has 1 aromatic carbocycles. The van der Waals surface area contributed by atoms with Gasteiger partial charge in [-0.2, -0.15) is 0 Å². The lowest BCUT2D eigenvalue weighted by atomic mass is 10.2. The molecule has 5 heteroatoms. The number of ether oxygens (including phenoxy) is 1. The second-order valence-corrected chi connectivity index (χ2v) is 4.01. The Labute approximate surface area is 96.1 Å². The summed E-state index contributed by atoms with van der Waals surface area (Å²) in [5.41, 5.74) is 0.823. The molecule has 0 aliphatic heterocycles. The van der Waals surface area contributed by atoms with Gasteiger partial charge in [0.25, 0.3) is 0 Å². The van der Waals surface area contributed by atoms with Crippen LogP contribution in [0.5, 0.6) is 5.06 Å². The van der Waals surface area contributed by atoms with Gasteiger partial charge in [-0.05, 0) is 0 Å². The number of aromatic nitrogens is 1. The zero-order valence-electron chi connectivity index (χ0n) is 8.51. The molecule has 16 heavy (non-hydrogen) atoms. The van der Waals surface area contributed by atoms with Crippen LogP contribution in [-0.2, 0) is 4.74 Å². The summed E-state index contributed by atoms with van der Waals surface area (Å²) >= 11 is 1.05. The molecule has 0 unspecified atom stereocenters. The van der Waals surface area contributed by atoms with E-state index in [1.165, 1.54) is 7.11 Å². The van der Waals surface area contributed by atoms with Crippen molar-refractivity contribution >= 4 is 17.3 Å². The molecule has 0 saturated carbocycles. The molecule has 0 bridgehead atoms. The fraction of sp³-hybridized carbons (Fsp3) is 0.0909. The summed E-state index contributed by atoms with van der Waals surface area (Å²) in [6.07, 6.45) is 0. The first-order valence-corrected chi connectivity index (χ1v) is 5.37. The fourth-order valence-electron chi connectivity index (χ4n) is 1.25. The van der Waals surface area contributed by atoms with Crippen LogP contribution in [-0.4, -0.2) is 23.2 Å². The molecular weight excluding hydrogens is 226 g/mol. The van der Waals surface area contributed by atoms with Gasteiger partial charge in [-0.1, -0.05) is 41.7 Å². The summed E-state index contributed by atoms with van der Waals surface area (Å²) < 4.78 is 4.51. The first kappa shape index (κ1) is 10.6. The molecule has 0 atom stereocenters. The Morgan fingerprint density at radius 1 is 1.38 bits per heavy atom. The summed E-state index contributed by atoms with van der Waals surface area (Å²) in [6.45, 7) is 0. The zero-order chi connectivity index (χ0) is 11.5. The molecule has 0 aliphatic carbocycles. The average molecular weight is 235 g/mol. The van der Waals surface area contributed by atoms with E-state index in [0.29, 0.717) is 5.01 Å². The number of thiazole rings is 1. The molecule has 0 spiro atoms. The van der Waals surface area contributed by atoms with Crippen LogP contribution in [0.2, 0.25) is 0 Å². The molecule has 0 amide bonds. The van der Waals surface area contributed by atoms with Crippen LogP contribution in [0, 0.1) is 0 Å². The van der Waals surface area contributed by atoms with E-state index in [1.54, 1.807) is 0 Å². The number of hydrogen-bond donors (Lipinski definition) is 1. The summed E-state index contributed by atoms with van der Waals surface area (Å²) in [5, 5.41) is 10.0. The second kappa shape index (κ2) is 4.32. The molecule has 0 aliphatic rings. The van der Waals surface area contributed by atoms with Crippen LogP contribution in [0.25, 0.3) is 10.6 Å². The molecule has 82 valence electrons. The highest BCUT2D eigenvalue weighted by Gasteiger charge is 2.18. The molecular formula is C11H9NO3S. The second-order valence-electron chi connectivity index (χ2n) is 3.03. The predicted molar refractivity (Wildman–Crippen MR) is 60.6 cm³/mol. The van der Waals surface area contributed by atoms with Gasteiger partial charge in [-0.25, -0.2) is 9.78 Å². The molecule has 2 aromatic rings. The number of nitrogens with zero attached hydrogens (tertiary/aromatic N) is 1. The van der Waals surface area contributed by atoms with Crippen LogP contribution >= 0.6 is 11.3 Å². The number of hydrogen-bond acceptors (Lipinski definition) is 5. The van der Waals surface area contributed by atoms with Gasteiger partial charge in [0.2, 0.25) is 10.8 Å². The van der Waals surface area contributed by atoms with E-state index in [0.717, 1.165) is 16.9 Å². The number of carbonyl (C=O) groups is 1. The van der Waals surface area contributed by atoms with Gasteiger partial charge < -0.3 is 9.84 Å². The Morgan fingerprint density at radius 3 is 2.69 bits per heavy atom. The van der Waals surface area contributed by atoms with Gasteiger partial charge in [0.05, 0.1) is 7.11 Å². The van der Waals surface area contributed by atoms with E-state index in [1.807, 2.05) is 30.3 Å². The van der Waals surface area contributed by atoms with Crippen LogP contribution in [0.3, 0.4) is 0 Å². The van der Waals surface area contributed by atoms with E-state index in [9.17, 15) is 9.90 Å². The molecule has 0 saturated heterocycles. The maximum Gasteiger partial charge on any atom is 0.361 e. The number of benzene rings is 1. The molecule has 4 nitrogen and oxygen atoms in total. The van der Waals surface area contributed by atoms with Crippen LogP contribution in [0.15, 0.2) is 30.3 Å². The minimum Gasteiger partial charge on any atom is -0.498 e. The molecule has 0 fully saturated rings. The highest BCUT2D eigenvalue weighted by Crippen LogP contribution is 2.32. The minimum absolute atomic E-state index is 0.0358. The summed E-state index contributed by atoms with van der Waals surface area (Å²) in [6, 6.07) is 9.34.